The Hall–Kier alpha value is -1.22. The first-order valence-electron chi connectivity index (χ1n) is 8.13. The van der Waals surface area contributed by atoms with E-state index in [-0.39, 0.29) is 23.0 Å². The predicted molar refractivity (Wildman–Crippen MR) is 98.6 cm³/mol. The third-order valence-corrected chi connectivity index (χ3v) is 10.3. The Kier molecular flexibility index (Phi) is 6.97. The van der Waals surface area contributed by atoms with Crippen molar-refractivity contribution >= 4 is 24.4 Å². The van der Waals surface area contributed by atoms with Crippen LogP contribution in [0.3, 0.4) is 0 Å². The average Bonchev–Trinajstić information content (AvgIpc) is 2.45. The highest BCUT2D eigenvalue weighted by molar-refractivity contribution is 7.86. The lowest BCUT2D eigenvalue weighted by molar-refractivity contribution is -0.146. The summed E-state index contributed by atoms with van der Waals surface area (Å²) in [4.78, 5) is 11.5. The molecule has 1 N–H and O–H groups in total. The molecule has 1 rings (SSSR count). The second-order valence-corrected chi connectivity index (χ2v) is 14.0. The number of aryl methyl sites for hydroxylation is 1. The van der Waals surface area contributed by atoms with Crippen LogP contribution in [0, 0.1) is 6.92 Å². The van der Waals surface area contributed by atoms with Gasteiger partial charge < -0.3 is 9.53 Å². The smallest absolute Gasteiger partial charge is 0.331 e. The van der Waals surface area contributed by atoms with Crippen molar-refractivity contribution in [3.63, 3.8) is 0 Å². The van der Waals surface area contributed by atoms with Crippen molar-refractivity contribution in [3.8, 4) is 0 Å². The quantitative estimate of drug-likeness (QED) is 0.541. The van der Waals surface area contributed by atoms with Crippen LogP contribution < -0.4 is 0 Å². The molecular formula is C17H28O6SSi. The van der Waals surface area contributed by atoms with Crippen molar-refractivity contribution in [2.45, 2.75) is 63.2 Å². The van der Waals surface area contributed by atoms with Crippen LogP contribution in [0.2, 0.25) is 18.1 Å². The van der Waals surface area contributed by atoms with Crippen LogP contribution in [0.15, 0.2) is 29.2 Å². The maximum absolute atomic E-state index is 12.1. The van der Waals surface area contributed by atoms with E-state index in [0.29, 0.717) is 0 Å². The number of rotatable bonds is 8. The zero-order valence-corrected chi connectivity index (χ0v) is 17.5. The van der Waals surface area contributed by atoms with Gasteiger partial charge in [0, 0.05) is 6.42 Å². The molecule has 25 heavy (non-hydrogen) atoms. The van der Waals surface area contributed by atoms with Gasteiger partial charge in [-0.25, -0.2) is 4.79 Å². The van der Waals surface area contributed by atoms with Gasteiger partial charge in [-0.1, -0.05) is 38.5 Å². The molecule has 0 radical (unpaired) electrons. The molecule has 0 aromatic heterocycles. The number of carboxylic acid groups (broad SMARTS) is 1. The molecule has 0 fully saturated rings. The molecule has 0 saturated heterocycles. The molecule has 0 bridgehead atoms. The van der Waals surface area contributed by atoms with Gasteiger partial charge in [0.05, 0.1) is 11.5 Å². The molecule has 0 heterocycles. The average molecular weight is 389 g/mol. The van der Waals surface area contributed by atoms with E-state index in [1.54, 1.807) is 12.1 Å². The Morgan fingerprint density at radius 2 is 1.72 bits per heavy atom. The second-order valence-electron chi connectivity index (χ2n) is 7.58. The Bertz CT molecular complexity index is 689. The van der Waals surface area contributed by atoms with Crippen LogP contribution in [0.5, 0.6) is 0 Å². The minimum Gasteiger partial charge on any atom is -0.479 e. The van der Waals surface area contributed by atoms with E-state index in [2.05, 4.69) is 0 Å². The van der Waals surface area contributed by atoms with Crippen molar-refractivity contribution in [3.05, 3.63) is 29.8 Å². The number of aliphatic carboxylic acids is 1. The molecule has 6 nitrogen and oxygen atoms in total. The molecular weight excluding hydrogens is 360 g/mol. The van der Waals surface area contributed by atoms with Crippen molar-refractivity contribution in [2.24, 2.45) is 0 Å². The highest BCUT2D eigenvalue weighted by Crippen LogP contribution is 2.37. The summed E-state index contributed by atoms with van der Waals surface area (Å²) in [6.45, 7) is 11.5. The van der Waals surface area contributed by atoms with Crippen molar-refractivity contribution < 1.29 is 26.9 Å². The Morgan fingerprint density at radius 3 is 2.16 bits per heavy atom. The van der Waals surface area contributed by atoms with Crippen molar-refractivity contribution in [1.29, 1.82) is 0 Å². The summed E-state index contributed by atoms with van der Waals surface area (Å²) in [5, 5.41) is 9.23. The van der Waals surface area contributed by atoms with Crippen molar-refractivity contribution in [2.75, 3.05) is 6.61 Å². The summed E-state index contributed by atoms with van der Waals surface area (Å²) >= 11 is 0. The van der Waals surface area contributed by atoms with Gasteiger partial charge in [-0.2, -0.15) is 8.42 Å². The molecule has 0 aliphatic rings. The zero-order valence-electron chi connectivity index (χ0n) is 15.7. The Labute approximate surface area is 151 Å². The SMILES string of the molecule is Cc1ccc(S(=O)(=O)OCCC(O[Si](C)(C)C(C)(C)C)C(=O)O)cc1. The Balaban J connectivity index is 2.73. The van der Waals surface area contributed by atoms with Gasteiger partial charge in [-0.15, -0.1) is 0 Å². The fourth-order valence-electron chi connectivity index (χ4n) is 1.80. The minimum absolute atomic E-state index is 0.0348. The van der Waals surface area contributed by atoms with E-state index in [1.807, 2.05) is 40.8 Å². The summed E-state index contributed by atoms with van der Waals surface area (Å²) in [7, 11) is -6.19. The molecule has 0 aliphatic heterocycles. The fourth-order valence-corrected chi connectivity index (χ4v) is 4.01. The van der Waals surface area contributed by atoms with E-state index in [4.69, 9.17) is 8.61 Å². The molecule has 142 valence electrons. The zero-order chi connectivity index (χ0) is 19.5. The monoisotopic (exact) mass is 388 g/mol. The molecule has 8 heteroatoms. The molecule has 1 unspecified atom stereocenters. The molecule has 0 amide bonds. The van der Waals surface area contributed by atoms with E-state index >= 15 is 0 Å². The van der Waals surface area contributed by atoms with E-state index in [1.165, 1.54) is 12.1 Å². The first-order chi connectivity index (χ1) is 11.3. The largest absolute Gasteiger partial charge is 0.479 e. The van der Waals surface area contributed by atoms with Gasteiger partial charge in [0.25, 0.3) is 10.1 Å². The topological polar surface area (TPSA) is 89.9 Å². The summed E-state index contributed by atoms with van der Waals surface area (Å²) < 4.78 is 35.1. The van der Waals surface area contributed by atoms with Crippen LogP contribution in [-0.4, -0.2) is 40.5 Å². The van der Waals surface area contributed by atoms with Crippen LogP contribution >= 0.6 is 0 Å². The summed E-state index contributed by atoms with van der Waals surface area (Å²) in [6.07, 6.45) is -1.12. The highest BCUT2D eigenvalue weighted by Gasteiger charge is 2.40. The van der Waals surface area contributed by atoms with Gasteiger partial charge in [0.1, 0.15) is 6.10 Å². The summed E-state index contributed by atoms with van der Waals surface area (Å²) in [6, 6.07) is 6.28. The molecule has 0 spiro atoms. The second kappa shape index (κ2) is 7.99. The molecule has 0 saturated carbocycles. The number of benzene rings is 1. The molecule has 1 atom stereocenters. The molecule has 1 aromatic carbocycles. The van der Waals surface area contributed by atoms with Crippen LogP contribution in [0.4, 0.5) is 0 Å². The number of carboxylic acids is 1. The molecule has 0 aliphatic carbocycles. The van der Waals surface area contributed by atoms with Gasteiger partial charge in [-0.3, -0.25) is 4.18 Å². The number of hydrogen-bond acceptors (Lipinski definition) is 5. The lowest BCUT2D eigenvalue weighted by Crippen LogP contribution is -2.46. The minimum atomic E-state index is -3.91. The fraction of sp³-hybridized carbons (Fsp3) is 0.588. The highest BCUT2D eigenvalue weighted by atomic mass is 32.2. The maximum atomic E-state index is 12.1. The Morgan fingerprint density at radius 1 is 1.20 bits per heavy atom. The van der Waals surface area contributed by atoms with Gasteiger partial charge >= 0.3 is 5.97 Å². The number of carbonyl (C=O) groups is 1. The van der Waals surface area contributed by atoms with Crippen LogP contribution in [-0.2, 0) is 23.5 Å². The van der Waals surface area contributed by atoms with E-state index < -0.39 is 30.5 Å². The third-order valence-electron chi connectivity index (χ3n) is 4.45. The van der Waals surface area contributed by atoms with Crippen molar-refractivity contribution in [1.82, 2.24) is 0 Å². The van der Waals surface area contributed by atoms with E-state index in [0.717, 1.165) is 5.56 Å². The summed E-state index contributed by atoms with van der Waals surface area (Å²) in [5.41, 5.74) is 0.938. The van der Waals surface area contributed by atoms with Gasteiger partial charge in [0.2, 0.25) is 0 Å². The van der Waals surface area contributed by atoms with E-state index in [9.17, 15) is 18.3 Å². The lowest BCUT2D eigenvalue weighted by Gasteiger charge is -2.38. The first kappa shape index (κ1) is 21.8. The third kappa shape index (κ3) is 6.21. The standard InChI is InChI=1S/C17H28O6SSi/c1-13-7-9-14(10-8-13)24(20,21)22-12-11-15(16(18)19)23-25(5,6)17(2,3)4/h7-10,15H,11-12H2,1-6H3,(H,18,19). The normalized spacial score (nSPS) is 14.3. The number of hydrogen-bond donors (Lipinski definition) is 1. The lowest BCUT2D eigenvalue weighted by atomic mass is 10.2. The molecule has 1 aromatic rings. The first-order valence-corrected chi connectivity index (χ1v) is 12.4. The van der Waals surface area contributed by atoms with Crippen LogP contribution in [0.25, 0.3) is 0 Å². The predicted octanol–water partition coefficient (Wildman–Crippen LogP) is 3.57. The summed E-state index contributed by atoms with van der Waals surface area (Å²) in [5.74, 6) is -1.11. The van der Waals surface area contributed by atoms with Gasteiger partial charge in [-0.05, 0) is 37.2 Å². The van der Waals surface area contributed by atoms with Crippen LogP contribution in [0.1, 0.15) is 32.8 Å². The van der Waals surface area contributed by atoms with Gasteiger partial charge in [0.15, 0.2) is 8.32 Å². The maximum Gasteiger partial charge on any atom is 0.331 e.